The zero-order chi connectivity index (χ0) is 8.55. The van der Waals surface area contributed by atoms with Gasteiger partial charge in [0.05, 0.1) is 11.1 Å². The maximum atomic E-state index is 9.20. The van der Waals surface area contributed by atoms with E-state index in [9.17, 15) is 5.11 Å². The van der Waals surface area contributed by atoms with Crippen LogP contribution in [-0.2, 0) is 0 Å². The van der Waals surface area contributed by atoms with Gasteiger partial charge in [-0.25, -0.2) is 0 Å². The molecule has 0 saturated heterocycles. The van der Waals surface area contributed by atoms with Crippen molar-refractivity contribution < 1.29 is 9.52 Å². The third kappa shape index (κ3) is 1.10. The molecule has 0 saturated carbocycles. The molecule has 2 aromatic heterocycles. The van der Waals surface area contributed by atoms with E-state index in [1.54, 1.807) is 12.3 Å². The zero-order valence-corrected chi connectivity index (χ0v) is 7.26. The second-order valence-electron chi connectivity index (χ2n) is 2.38. The molecule has 1 N–H and O–H groups in total. The Morgan fingerprint density at radius 2 is 2.42 bits per heavy atom. The van der Waals surface area contributed by atoms with Crippen LogP contribution in [0.25, 0.3) is 10.8 Å². The van der Waals surface area contributed by atoms with Gasteiger partial charge in [-0.2, -0.15) is 4.98 Å². The first-order valence-corrected chi connectivity index (χ1v) is 4.29. The molecule has 0 amide bonds. The number of aromatic nitrogens is 1. The number of aromatic hydroxyl groups is 1. The lowest BCUT2D eigenvalue weighted by Gasteiger charge is -1.84. The molecule has 0 unspecified atom stereocenters. The van der Waals surface area contributed by atoms with Crippen molar-refractivity contribution >= 4 is 11.3 Å². The topological polar surface area (TPSA) is 46.3 Å². The molecule has 2 rings (SSSR count). The molecule has 0 atom stereocenters. The first-order valence-electron chi connectivity index (χ1n) is 3.47. The van der Waals surface area contributed by atoms with Crippen molar-refractivity contribution in [3.63, 3.8) is 0 Å². The summed E-state index contributed by atoms with van der Waals surface area (Å²) in [5.41, 5.74) is 0. The highest BCUT2D eigenvalue weighted by molar-refractivity contribution is 7.15. The van der Waals surface area contributed by atoms with Crippen molar-refractivity contribution in [3.8, 4) is 16.6 Å². The van der Waals surface area contributed by atoms with Gasteiger partial charge in [-0.05, 0) is 19.1 Å². The predicted molar refractivity (Wildman–Crippen MR) is 46.2 cm³/mol. The van der Waals surface area contributed by atoms with E-state index < -0.39 is 0 Å². The van der Waals surface area contributed by atoms with Gasteiger partial charge < -0.3 is 9.52 Å². The molecule has 0 fully saturated rings. The second-order valence-corrected chi connectivity index (χ2v) is 3.58. The number of rotatable bonds is 1. The molecule has 4 heteroatoms. The molecule has 0 aliphatic carbocycles. The molecule has 0 aliphatic rings. The van der Waals surface area contributed by atoms with Gasteiger partial charge in [0, 0.05) is 0 Å². The second kappa shape index (κ2) is 2.64. The summed E-state index contributed by atoms with van der Waals surface area (Å²) in [5.74, 6) is 0.787. The van der Waals surface area contributed by atoms with Crippen LogP contribution < -0.4 is 0 Å². The summed E-state index contributed by atoms with van der Waals surface area (Å²) in [6, 6.07) is 3.61. The summed E-state index contributed by atoms with van der Waals surface area (Å²) in [5, 5.41) is 9.91. The number of hydrogen-bond acceptors (Lipinski definition) is 4. The van der Waals surface area contributed by atoms with Gasteiger partial charge in [0.25, 0.3) is 0 Å². The van der Waals surface area contributed by atoms with Crippen molar-refractivity contribution in [2.75, 3.05) is 0 Å². The first kappa shape index (κ1) is 7.36. The summed E-state index contributed by atoms with van der Waals surface area (Å²) in [4.78, 5) is 4.74. The summed E-state index contributed by atoms with van der Waals surface area (Å²) in [7, 11) is 0. The third-order valence-corrected chi connectivity index (χ3v) is 2.48. The SMILES string of the molecule is Cc1sc(-c2ccco2)nc1O. The lowest BCUT2D eigenvalue weighted by atomic mass is 10.5. The van der Waals surface area contributed by atoms with Crippen LogP contribution in [0.5, 0.6) is 5.88 Å². The monoisotopic (exact) mass is 181 g/mol. The number of furan rings is 1. The van der Waals surface area contributed by atoms with E-state index in [-0.39, 0.29) is 5.88 Å². The van der Waals surface area contributed by atoms with E-state index in [2.05, 4.69) is 4.98 Å². The van der Waals surface area contributed by atoms with Gasteiger partial charge in [-0.15, -0.1) is 11.3 Å². The normalized spacial score (nSPS) is 10.4. The summed E-state index contributed by atoms with van der Waals surface area (Å²) >= 11 is 1.42. The van der Waals surface area contributed by atoms with E-state index in [1.165, 1.54) is 11.3 Å². The Morgan fingerprint density at radius 1 is 1.58 bits per heavy atom. The van der Waals surface area contributed by atoms with Gasteiger partial charge in [0.15, 0.2) is 10.8 Å². The van der Waals surface area contributed by atoms with Crippen LogP contribution >= 0.6 is 11.3 Å². The van der Waals surface area contributed by atoms with Crippen molar-refractivity contribution in [1.29, 1.82) is 0 Å². The van der Waals surface area contributed by atoms with Crippen LogP contribution in [0.3, 0.4) is 0 Å². The minimum atomic E-state index is 0.0893. The summed E-state index contributed by atoms with van der Waals surface area (Å²) in [6.07, 6.45) is 1.59. The Balaban J connectivity index is 2.48. The minimum Gasteiger partial charge on any atom is -0.492 e. The fourth-order valence-corrected chi connectivity index (χ4v) is 1.67. The molecule has 2 heterocycles. The molecule has 0 radical (unpaired) electrons. The van der Waals surface area contributed by atoms with E-state index in [0.29, 0.717) is 5.76 Å². The van der Waals surface area contributed by atoms with E-state index in [0.717, 1.165) is 9.88 Å². The number of thiazole rings is 1. The first-order chi connectivity index (χ1) is 5.77. The lowest BCUT2D eigenvalue weighted by Crippen LogP contribution is -1.68. The van der Waals surface area contributed by atoms with Gasteiger partial charge in [0.1, 0.15) is 0 Å². The minimum absolute atomic E-state index is 0.0893. The van der Waals surface area contributed by atoms with Gasteiger partial charge in [0.2, 0.25) is 5.88 Å². The number of nitrogens with zero attached hydrogens (tertiary/aromatic N) is 1. The molecular weight excluding hydrogens is 174 g/mol. The molecule has 62 valence electrons. The van der Waals surface area contributed by atoms with Crippen LogP contribution in [0, 0.1) is 6.92 Å². The van der Waals surface area contributed by atoms with Crippen LogP contribution in [0.4, 0.5) is 0 Å². The fourth-order valence-electron chi connectivity index (χ4n) is 0.894. The largest absolute Gasteiger partial charge is 0.492 e. The Hall–Kier alpha value is -1.29. The van der Waals surface area contributed by atoms with Gasteiger partial charge in [-0.3, -0.25) is 0 Å². The van der Waals surface area contributed by atoms with E-state index in [4.69, 9.17) is 4.42 Å². The van der Waals surface area contributed by atoms with Crippen LogP contribution in [0.2, 0.25) is 0 Å². The maximum absolute atomic E-state index is 9.20. The average molecular weight is 181 g/mol. The highest BCUT2D eigenvalue weighted by Gasteiger charge is 2.09. The zero-order valence-electron chi connectivity index (χ0n) is 6.44. The quantitative estimate of drug-likeness (QED) is 0.734. The Kier molecular flexibility index (Phi) is 1.62. The molecule has 0 spiro atoms. The van der Waals surface area contributed by atoms with Crippen molar-refractivity contribution in [2.24, 2.45) is 0 Å². The van der Waals surface area contributed by atoms with Crippen LogP contribution in [0.1, 0.15) is 4.88 Å². The third-order valence-electron chi connectivity index (χ3n) is 1.50. The van der Waals surface area contributed by atoms with Crippen LogP contribution in [-0.4, -0.2) is 10.1 Å². The summed E-state index contributed by atoms with van der Waals surface area (Å²) < 4.78 is 5.12. The Bertz CT molecular complexity index is 358. The molecule has 2 aromatic rings. The highest BCUT2D eigenvalue weighted by atomic mass is 32.1. The molecule has 0 aliphatic heterocycles. The standard InChI is InChI=1S/C8H7NO2S/c1-5-7(10)9-8(12-5)6-3-2-4-11-6/h2-4,10H,1H3. The fraction of sp³-hybridized carbons (Fsp3) is 0.125. The number of hydrogen-bond donors (Lipinski definition) is 1. The van der Waals surface area contributed by atoms with Crippen molar-refractivity contribution in [2.45, 2.75) is 6.92 Å². The van der Waals surface area contributed by atoms with Crippen LogP contribution in [0.15, 0.2) is 22.8 Å². The molecule has 0 aromatic carbocycles. The number of aryl methyl sites for hydroxylation is 1. The van der Waals surface area contributed by atoms with E-state index in [1.807, 2.05) is 13.0 Å². The van der Waals surface area contributed by atoms with Crippen molar-refractivity contribution in [3.05, 3.63) is 23.3 Å². The van der Waals surface area contributed by atoms with Gasteiger partial charge >= 0.3 is 0 Å². The Labute approximate surface area is 73.3 Å². The molecule has 12 heavy (non-hydrogen) atoms. The molecule has 3 nitrogen and oxygen atoms in total. The lowest BCUT2D eigenvalue weighted by molar-refractivity contribution is 0.453. The Morgan fingerprint density at radius 3 is 2.92 bits per heavy atom. The van der Waals surface area contributed by atoms with Crippen molar-refractivity contribution in [1.82, 2.24) is 4.98 Å². The average Bonchev–Trinajstić information content (AvgIpc) is 2.61. The molecular formula is C8H7NO2S. The smallest absolute Gasteiger partial charge is 0.225 e. The predicted octanol–water partition coefficient (Wildman–Crippen LogP) is 2.42. The van der Waals surface area contributed by atoms with E-state index >= 15 is 0 Å². The summed E-state index contributed by atoms with van der Waals surface area (Å²) in [6.45, 7) is 1.82. The van der Waals surface area contributed by atoms with Gasteiger partial charge in [-0.1, -0.05) is 0 Å². The molecule has 0 bridgehead atoms. The highest BCUT2D eigenvalue weighted by Crippen LogP contribution is 2.30. The maximum Gasteiger partial charge on any atom is 0.225 e.